The van der Waals surface area contributed by atoms with Crippen LogP contribution in [0.25, 0.3) is 0 Å². The van der Waals surface area contributed by atoms with Crippen molar-refractivity contribution >= 4 is 33.5 Å². The fourth-order valence-electron chi connectivity index (χ4n) is 0. The van der Waals surface area contributed by atoms with E-state index in [0.29, 0.717) is 0 Å². The van der Waals surface area contributed by atoms with Gasteiger partial charge >= 0.3 is 84.8 Å². The molecule has 11 nitrogen and oxygen atoms in total. The molecule has 0 unspecified atom stereocenters. The minimum atomic E-state index is -4.67. The Kier molecular flexibility index (Phi) is 329. The van der Waals surface area contributed by atoms with Crippen molar-refractivity contribution in [1.29, 1.82) is 0 Å². The van der Waals surface area contributed by atoms with Crippen molar-refractivity contribution in [1.82, 2.24) is 0 Å². The van der Waals surface area contributed by atoms with E-state index in [4.69, 9.17) is 17.5 Å². The molecular formula is H19KMgO11S. The Morgan fingerprint density at radius 3 is 0.714 bits per heavy atom. The van der Waals surface area contributed by atoms with E-state index in [2.05, 4.69) is 0 Å². The van der Waals surface area contributed by atoms with Gasteiger partial charge in [-0.1, -0.05) is 0 Å². The summed E-state index contributed by atoms with van der Waals surface area (Å²) in [6.07, 6.45) is 0. The minimum absolute atomic E-state index is 0. The third-order valence-corrected chi connectivity index (χ3v) is 0. The predicted octanol–water partition coefficient (Wildman–Crippen LogP) is -9.46. The molecule has 0 aromatic heterocycles. The third-order valence-electron chi connectivity index (χ3n) is 0. The van der Waals surface area contributed by atoms with E-state index in [1.165, 1.54) is 0 Å². The first kappa shape index (κ1) is 100. The summed E-state index contributed by atoms with van der Waals surface area (Å²) < 4.78 is 31.6. The largest absolute Gasteiger partial charge is 2.00 e. The minimum Gasteiger partial charge on any atom is -1.00 e. The molecule has 0 spiro atoms. The molecule has 0 heterocycles. The molecule has 0 aromatic carbocycles. The maximum absolute atomic E-state index is 8.74. The van der Waals surface area contributed by atoms with E-state index in [-0.39, 0.29) is 117 Å². The van der Waals surface area contributed by atoms with Gasteiger partial charge < -0.3 is 42.6 Å². The van der Waals surface area contributed by atoms with Crippen LogP contribution < -0.4 is 51.4 Å². The summed E-state index contributed by atoms with van der Waals surface area (Å²) in [5.74, 6) is 0. The van der Waals surface area contributed by atoms with Crippen LogP contribution in [0, 0.1) is 0 Å². The van der Waals surface area contributed by atoms with E-state index >= 15 is 0 Å². The second kappa shape index (κ2) is 46.0. The zero-order valence-electron chi connectivity index (χ0n) is 10.3. The monoisotopic (exact) mass is 290 g/mol. The number of hydrogen-bond acceptors (Lipinski definition) is 2. The molecule has 0 aliphatic carbocycles. The maximum atomic E-state index is 8.74. The fourth-order valence-corrected chi connectivity index (χ4v) is 0. The van der Waals surface area contributed by atoms with Crippen LogP contribution in [-0.4, -0.2) is 78.9 Å². The first-order valence-electron chi connectivity index (χ1n) is 0.698. The Balaban J connectivity index is -0.00000000121. The normalized spacial score (nSPS) is 4.14. The van der Waals surface area contributed by atoms with Crippen molar-refractivity contribution in [2.45, 2.75) is 0 Å². The van der Waals surface area contributed by atoms with Crippen LogP contribution in [0.1, 0.15) is 4.28 Å². The Morgan fingerprint density at radius 1 is 0.714 bits per heavy atom. The molecule has 14 heteroatoms. The second-order valence-electron chi connectivity index (χ2n) is 0.448. The van der Waals surface area contributed by atoms with E-state index in [0.717, 1.165) is 0 Å². The molecule has 14 heavy (non-hydrogen) atoms. The van der Waals surface area contributed by atoms with Gasteiger partial charge in [-0.3, -0.25) is 9.11 Å². The van der Waals surface area contributed by atoms with Crippen LogP contribution in [-0.2, 0) is 10.4 Å². The van der Waals surface area contributed by atoms with Gasteiger partial charge in [-0.15, -0.1) is 0 Å². The average molecular weight is 291 g/mol. The molecule has 94 valence electrons. The average Bonchev–Trinajstić information content (AvgIpc) is 0.722. The molecule has 0 aliphatic rings. The summed E-state index contributed by atoms with van der Waals surface area (Å²) in [5.41, 5.74) is 0. The van der Waals surface area contributed by atoms with Gasteiger partial charge in [0, 0.05) is 0 Å². The summed E-state index contributed by atoms with van der Waals surface area (Å²) in [4.78, 5) is 0. The van der Waals surface area contributed by atoms with E-state index in [1.54, 1.807) is 0 Å². The fraction of sp³-hybridized carbons (Fsp3) is 0. The first-order chi connectivity index (χ1) is 2.00. The standard InChI is InChI=1S/K.Mg.H2O4S.7H2O.3H/c;;1-5(2,3)4;;;;;;;;;;/h;;(H2,1,2,3,4);7*1H2;;;/q+1;+2;;;;;;;;;3*-1. The number of hydrogen-bond donors (Lipinski definition) is 2. The third kappa shape index (κ3) is 595. The smallest absolute Gasteiger partial charge is 1.00 e. The van der Waals surface area contributed by atoms with Gasteiger partial charge in [0.05, 0.1) is 0 Å². The van der Waals surface area contributed by atoms with E-state index < -0.39 is 10.4 Å². The Hall–Kier alpha value is 1.99. The molecule has 0 aliphatic heterocycles. The van der Waals surface area contributed by atoms with Gasteiger partial charge in [0.1, 0.15) is 0 Å². The summed E-state index contributed by atoms with van der Waals surface area (Å²) in [6.45, 7) is 0. The summed E-state index contributed by atoms with van der Waals surface area (Å²) >= 11 is 0. The predicted molar refractivity (Wildman–Crippen MR) is 48.6 cm³/mol. The quantitative estimate of drug-likeness (QED) is 0.324. The Labute approximate surface area is 143 Å². The Morgan fingerprint density at radius 2 is 0.714 bits per heavy atom. The second-order valence-corrected chi connectivity index (χ2v) is 1.34. The molecule has 0 saturated heterocycles. The van der Waals surface area contributed by atoms with Crippen molar-refractivity contribution < 1.29 is 112 Å². The van der Waals surface area contributed by atoms with Crippen molar-refractivity contribution in [3.05, 3.63) is 0 Å². The maximum Gasteiger partial charge on any atom is 2.00 e. The van der Waals surface area contributed by atoms with Crippen molar-refractivity contribution in [2.75, 3.05) is 0 Å². The Bertz CT molecular complexity index is 110. The molecular weight excluding hydrogens is 271 g/mol. The van der Waals surface area contributed by atoms with Gasteiger partial charge in [0.2, 0.25) is 0 Å². The van der Waals surface area contributed by atoms with Gasteiger partial charge in [0.25, 0.3) is 0 Å². The molecule has 0 atom stereocenters. The van der Waals surface area contributed by atoms with Crippen molar-refractivity contribution in [2.24, 2.45) is 0 Å². The van der Waals surface area contributed by atoms with Crippen LogP contribution in [0.4, 0.5) is 0 Å². The topological polar surface area (TPSA) is 295 Å². The zero-order valence-corrected chi connectivity index (χ0v) is 12.7. The van der Waals surface area contributed by atoms with Crippen LogP contribution in [0.5, 0.6) is 0 Å². The van der Waals surface area contributed by atoms with Gasteiger partial charge in [-0.2, -0.15) is 8.42 Å². The molecule has 0 rings (SSSR count). The summed E-state index contributed by atoms with van der Waals surface area (Å²) in [5, 5.41) is 0. The van der Waals surface area contributed by atoms with Gasteiger partial charge in [-0.25, -0.2) is 0 Å². The molecule has 0 saturated carbocycles. The summed E-state index contributed by atoms with van der Waals surface area (Å²) in [6, 6.07) is 0. The van der Waals surface area contributed by atoms with Gasteiger partial charge in [-0.05, 0) is 0 Å². The van der Waals surface area contributed by atoms with Crippen molar-refractivity contribution in [3.63, 3.8) is 0 Å². The SMILES string of the molecule is O.O.O.O.O.O.O.O=S(=O)(O)O.[H-].[H-].[H-].[K+].[Mg+2]. The van der Waals surface area contributed by atoms with E-state index in [9.17, 15) is 0 Å². The van der Waals surface area contributed by atoms with Gasteiger partial charge in [0.15, 0.2) is 0 Å². The number of rotatable bonds is 0. The molecule has 0 fully saturated rings. The van der Waals surface area contributed by atoms with Crippen LogP contribution >= 0.6 is 0 Å². The van der Waals surface area contributed by atoms with Crippen LogP contribution in [0.15, 0.2) is 0 Å². The van der Waals surface area contributed by atoms with E-state index in [1.807, 2.05) is 0 Å². The molecule has 0 bridgehead atoms. The van der Waals surface area contributed by atoms with Crippen LogP contribution in [0.3, 0.4) is 0 Å². The molecule has 0 aromatic rings. The first-order valence-corrected chi connectivity index (χ1v) is 2.10. The molecule has 0 radical (unpaired) electrons. The summed E-state index contributed by atoms with van der Waals surface area (Å²) in [7, 11) is -4.67. The molecule has 0 amide bonds. The van der Waals surface area contributed by atoms with Crippen molar-refractivity contribution in [3.8, 4) is 0 Å². The molecule has 16 N–H and O–H groups in total. The van der Waals surface area contributed by atoms with Crippen LogP contribution in [0.2, 0.25) is 0 Å². The zero-order chi connectivity index (χ0) is 4.50.